The molecule has 4 aromatic rings. The first-order chi connectivity index (χ1) is 9.42. The van der Waals surface area contributed by atoms with Gasteiger partial charge in [0, 0.05) is 12.4 Å². The lowest BCUT2D eigenvalue weighted by atomic mass is 10.2. The number of furan rings is 1. The van der Waals surface area contributed by atoms with Crippen LogP contribution in [-0.4, -0.2) is 9.97 Å². The summed E-state index contributed by atoms with van der Waals surface area (Å²) in [6.45, 7) is 0.710. The molecule has 5 heteroatoms. The van der Waals surface area contributed by atoms with E-state index in [4.69, 9.17) is 8.83 Å². The van der Waals surface area contributed by atoms with E-state index in [0.717, 1.165) is 28.1 Å². The molecule has 0 N–H and O–H groups in total. The molecule has 5 rings (SSSR count). The second-order valence-corrected chi connectivity index (χ2v) is 4.59. The van der Waals surface area contributed by atoms with E-state index in [9.17, 15) is 0 Å². The summed E-state index contributed by atoms with van der Waals surface area (Å²) >= 11 is 0. The standard InChI is InChI=1S/C14H8N3O2/c1-3-8-10(15-5-1)7-17-11-9-4-2-6-16-12(9)18-14(11)19-13(8)17/h1-6H,7H2/q+1. The van der Waals surface area contributed by atoms with Crippen LogP contribution < -0.4 is 4.57 Å². The van der Waals surface area contributed by atoms with Crippen molar-refractivity contribution in [2.24, 2.45) is 0 Å². The molecule has 0 spiro atoms. The largest absolute Gasteiger partial charge is 0.401 e. The molecule has 5 heterocycles. The van der Waals surface area contributed by atoms with Gasteiger partial charge in [0.1, 0.15) is 16.6 Å². The number of fused-ring (bicyclic) bond motifs is 7. The van der Waals surface area contributed by atoms with Crippen LogP contribution in [0.5, 0.6) is 0 Å². The first-order valence-electron chi connectivity index (χ1n) is 6.06. The van der Waals surface area contributed by atoms with Crippen LogP contribution >= 0.6 is 0 Å². The van der Waals surface area contributed by atoms with Gasteiger partial charge in [-0.05, 0) is 24.3 Å². The predicted molar refractivity (Wildman–Crippen MR) is 66.3 cm³/mol. The Morgan fingerprint density at radius 3 is 2.95 bits per heavy atom. The molecule has 4 aromatic heterocycles. The fourth-order valence-electron chi connectivity index (χ4n) is 2.73. The summed E-state index contributed by atoms with van der Waals surface area (Å²) in [6, 6.07) is 7.83. The van der Waals surface area contributed by atoms with Crippen molar-refractivity contribution in [2.75, 3.05) is 0 Å². The van der Waals surface area contributed by atoms with Crippen molar-refractivity contribution in [2.45, 2.75) is 6.54 Å². The Morgan fingerprint density at radius 1 is 1.05 bits per heavy atom. The highest BCUT2D eigenvalue weighted by atomic mass is 16.5. The molecule has 0 aromatic carbocycles. The molecule has 0 saturated carbocycles. The summed E-state index contributed by atoms with van der Waals surface area (Å²) in [5.74, 6) is 1.33. The number of hydrogen-bond acceptors (Lipinski definition) is 4. The minimum atomic E-state index is 0.526. The maximum Gasteiger partial charge on any atom is 0.386 e. The van der Waals surface area contributed by atoms with Crippen LogP contribution in [0.4, 0.5) is 0 Å². The number of rotatable bonds is 0. The van der Waals surface area contributed by atoms with Crippen LogP contribution in [0.15, 0.2) is 45.5 Å². The molecule has 1 aliphatic heterocycles. The second kappa shape index (κ2) is 3.00. The lowest BCUT2D eigenvalue weighted by Gasteiger charge is -1.87. The van der Waals surface area contributed by atoms with Crippen LogP contribution in [0.2, 0.25) is 0 Å². The van der Waals surface area contributed by atoms with Gasteiger partial charge < -0.3 is 8.83 Å². The Labute approximate surface area is 107 Å². The van der Waals surface area contributed by atoms with Gasteiger partial charge in [0.05, 0.1) is 0 Å². The lowest BCUT2D eigenvalue weighted by molar-refractivity contribution is -0.649. The first-order valence-corrected chi connectivity index (χ1v) is 6.06. The van der Waals surface area contributed by atoms with Gasteiger partial charge >= 0.3 is 17.2 Å². The van der Waals surface area contributed by atoms with E-state index >= 15 is 0 Å². The van der Waals surface area contributed by atoms with Gasteiger partial charge in [-0.2, -0.15) is 0 Å². The summed E-state index contributed by atoms with van der Waals surface area (Å²) in [4.78, 5) is 8.60. The number of oxazole rings is 1. The van der Waals surface area contributed by atoms with Crippen molar-refractivity contribution in [3.63, 3.8) is 0 Å². The zero-order valence-electron chi connectivity index (χ0n) is 9.83. The molecule has 0 radical (unpaired) electrons. The van der Waals surface area contributed by atoms with Gasteiger partial charge in [-0.25, -0.2) is 4.98 Å². The molecular formula is C14H8N3O2+. The van der Waals surface area contributed by atoms with Crippen LogP contribution in [0.1, 0.15) is 5.69 Å². The van der Waals surface area contributed by atoms with Gasteiger partial charge in [0.2, 0.25) is 5.71 Å². The highest BCUT2D eigenvalue weighted by Gasteiger charge is 2.37. The molecule has 90 valence electrons. The Morgan fingerprint density at radius 2 is 1.95 bits per heavy atom. The fraction of sp³-hybridized carbons (Fsp3) is 0.0714. The molecule has 0 unspecified atom stereocenters. The van der Waals surface area contributed by atoms with Crippen molar-refractivity contribution >= 4 is 22.4 Å². The van der Waals surface area contributed by atoms with E-state index in [-0.39, 0.29) is 0 Å². The first kappa shape index (κ1) is 9.27. The minimum absolute atomic E-state index is 0.526. The number of pyridine rings is 2. The zero-order valence-corrected chi connectivity index (χ0v) is 9.83. The molecule has 0 atom stereocenters. The maximum absolute atomic E-state index is 5.84. The van der Waals surface area contributed by atoms with Crippen molar-refractivity contribution in [3.8, 4) is 11.5 Å². The average Bonchev–Trinajstić information content (AvgIpc) is 3.05. The van der Waals surface area contributed by atoms with Crippen LogP contribution in [0, 0.1) is 0 Å². The molecule has 0 fully saturated rings. The topological polar surface area (TPSA) is 55.9 Å². The molecule has 0 aliphatic carbocycles. The van der Waals surface area contributed by atoms with E-state index in [1.54, 1.807) is 12.4 Å². The van der Waals surface area contributed by atoms with E-state index in [1.807, 2.05) is 24.3 Å². The summed E-state index contributed by atoms with van der Waals surface area (Å²) < 4.78 is 13.6. The van der Waals surface area contributed by atoms with Gasteiger partial charge in [-0.15, -0.1) is 4.57 Å². The van der Waals surface area contributed by atoms with Crippen LogP contribution in [0.25, 0.3) is 33.9 Å². The third-order valence-corrected chi connectivity index (χ3v) is 3.54. The Bertz CT molecular complexity index is 952. The lowest BCUT2D eigenvalue weighted by Crippen LogP contribution is -2.30. The fourth-order valence-corrected chi connectivity index (χ4v) is 2.73. The molecule has 0 amide bonds. The van der Waals surface area contributed by atoms with Gasteiger partial charge in [0.25, 0.3) is 0 Å². The molecule has 5 nitrogen and oxygen atoms in total. The van der Waals surface area contributed by atoms with E-state index in [1.165, 1.54) is 0 Å². The number of aromatic nitrogens is 3. The second-order valence-electron chi connectivity index (χ2n) is 4.59. The summed E-state index contributed by atoms with van der Waals surface area (Å²) in [5, 5.41) is 0.973. The summed E-state index contributed by atoms with van der Waals surface area (Å²) in [5.41, 5.74) is 3.62. The SMILES string of the molecule is c1cnc2c(c1)-c1oc3oc4ncccc4c3[n+]1C2. The molecule has 0 saturated heterocycles. The quantitative estimate of drug-likeness (QED) is 0.396. The van der Waals surface area contributed by atoms with Crippen molar-refractivity contribution < 1.29 is 13.4 Å². The van der Waals surface area contributed by atoms with Crippen molar-refractivity contribution in [3.05, 3.63) is 42.4 Å². The molecule has 0 bridgehead atoms. The van der Waals surface area contributed by atoms with Gasteiger partial charge in [-0.1, -0.05) is 0 Å². The van der Waals surface area contributed by atoms with Crippen LogP contribution in [0.3, 0.4) is 0 Å². The summed E-state index contributed by atoms with van der Waals surface area (Å²) in [6.07, 6.45) is 3.52. The third-order valence-electron chi connectivity index (χ3n) is 3.54. The monoisotopic (exact) mass is 250 g/mol. The Kier molecular flexibility index (Phi) is 1.46. The van der Waals surface area contributed by atoms with Crippen LogP contribution in [-0.2, 0) is 6.54 Å². The zero-order chi connectivity index (χ0) is 12.4. The normalized spacial score (nSPS) is 13.1. The maximum atomic E-state index is 5.84. The summed E-state index contributed by atoms with van der Waals surface area (Å²) in [7, 11) is 0. The van der Waals surface area contributed by atoms with Gasteiger partial charge in [-0.3, -0.25) is 4.98 Å². The van der Waals surface area contributed by atoms with E-state index in [2.05, 4.69) is 14.5 Å². The Balaban J connectivity index is 1.94. The molecule has 19 heavy (non-hydrogen) atoms. The third kappa shape index (κ3) is 1.03. The van der Waals surface area contributed by atoms with E-state index in [0.29, 0.717) is 18.0 Å². The molecule has 1 aliphatic rings. The predicted octanol–water partition coefficient (Wildman–Crippen LogP) is 2.29. The highest BCUT2D eigenvalue weighted by Crippen LogP contribution is 2.33. The highest BCUT2D eigenvalue weighted by molar-refractivity contribution is 5.97. The van der Waals surface area contributed by atoms with Crippen molar-refractivity contribution in [1.82, 2.24) is 9.97 Å². The van der Waals surface area contributed by atoms with Crippen molar-refractivity contribution in [1.29, 1.82) is 0 Å². The minimum Gasteiger partial charge on any atom is -0.401 e. The molecular weight excluding hydrogens is 242 g/mol. The van der Waals surface area contributed by atoms with Gasteiger partial charge in [0.15, 0.2) is 6.54 Å². The Hall–Kier alpha value is -2.69. The number of hydrogen-bond donors (Lipinski definition) is 0. The van der Waals surface area contributed by atoms with E-state index < -0.39 is 0 Å². The number of nitrogens with zero attached hydrogens (tertiary/aromatic N) is 3. The average molecular weight is 250 g/mol. The smallest absolute Gasteiger partial charge is 0.386 e.